The largest absolute Gasteiger partial charge is 0.422 e. The summed E-state index contributed by atoms with van der Waals surface area (Å²) in [6.45, 7) is -0.0712. The van der Waals surface area contributed by atoms with Crippen LogP contribution < -0.4 is 0 Å². The van der Waals surface area contributed by atoms with Crippen molar-refractivity contribution >= 4 is 17.7 Å². The summed E-state index contributed by atoms with van der Waals surface area (Å²) in [6.07, 6.45) is 5.77. The van der Waals surface area contributed by atoms with E-state index < -0.39 is 0 Å². The van der Waals surface area contributed by atoms with E-state index in [0.717, 1.165) is 28.2 Å². The van der Waals surface area contributed by atoms with E-state index in [1.165, 1.54) is 0 Å². The van der Waals surface area contributed by atoms with Crippen LogP contribution >= 0.6 is 11.8 Å². The number of aliphatic hydroxyl groups excluding tert-OH is 1. The molecule has 0 spiro atoms. The number of benzene rings is 1. The van der Waals surface area contributed by atoms with Gasteiger partial charge in [0.1, 0.15) is 5.76 Å². The van der Waals surface area contributed by atoms with Crippen LogP contribution in [0.2, 0.25) is 0 Å². The number of rotatable bonds is 1. The summed E-state index contributed by atoms with van der Waals surface area (Å²) < 4.78 is 5.39. The van der Waals surface area contributed by atoms with Crippen LogP contribution in [0.5, 0.6) is 0 Å². The number of fused-ring (bicyclic) bond motifs is 1. The molecule has 1 N–H and O–H groups in total. The molecule has 0 saturated heterocycles. The van der Waals surface area contributed by atoms with E-state index >= 15 is 0 Å². The van der Waals surface area contributed by atoms with Crippen molar-refractivity contribution in [2.24, 2.45) is 0 Å². The third kappa shape index (κ3) is 1.98. The van der Waals surface area contributed by atoms with Crippen LogP contribution in [0, 0.1) is 0 Å². The number of aliphatic hydroxyl groups is 1. The molecule has 0 unspecified atom stereocenters. The molecule has 1 aliphatic heterocycles. The number of hydrogen-bond donors (Lipinski definition) is 1. The van der Waals surface area contributed by atoms with Gasteiger partial charge in [-0.3, -0.25) is 0 Å². The molecule has 1 heterocycles. The first kappa shape index (κ1) is 11.6. The van der Waals surface area contributed by atoms with Crippen molar-refractivity contribution in [1.29, 1.82) is 0 Å². The number of thioether (sulfide) groups is 1. The fourth-order valence-electron chi connectivity index (χ4n) is 2.02. The lowest BCUT2D eigenvalue weighted by molar-refractivity contribution is 0.0632. The zero-order valence-electron chi connectivity index (χ0n) is 9.68. The first-order valence-electron chi connectivity index (χ1n) is 5.81. The topological polar surface area (TPSA) is 46.5 Å². The second-order valence-corrected chi connectivity index (χ2v) is 5.35. The molecule has 0 saturated carbocycles. The van der Waals surface area contributed by atoms with Crippen LogP contribution in [-0.4, -0.2) is 11.1 Å². The Morgan fingerprint density at radius 2 is 2.28 bits per heavy atom. The summed E-state index contributed by atoms with van der Waals surface area (Å²) >= 11 is 1.59. The maximum absolute atomic E-state index is 12.0. The molecule has 3 rings (SSSR count). The summed E-state index contributed by atoms with van der Waals surface area (Å²) in [6, 6.07) is 5.41. The Labute approximate surface area is 109 Å². The maximum Gasteiger partial charge on any atom is 0.344 e. The second kappa shape index (κ2) is 4.63. The monoisotopic (exact) mass is 260 g/mol. The van der Waals surface area contributed by atoms with Gasteiger partial charge in [-0.1, -0.05) is 23.9 Å². The molecule has 1 aromatic carbocycles. The van der Waals surface area contributed by atoms with Gasteiger partial charge in [0.2, 0.25) is 0 Å². The van der Waals surface area contributed by atoms with Crippen LogP contribution in [-0.2, 0) is 11.3 Å². The third-order valence-corrected chi connectivity index (χ3v) is 4.19. The van der Waals surface area contributed by atoms with Crippen molar-refractivity contribution in [3.05, 3.63) is 52.1 Å². The van der Waals surface area contributed by atoms with E-state index in [1.54, 1.807) is 17.8 Å². The van der Waals surface area contributed by atoms with Crippen LogP contribution in [0.15, 0.2) is 45.9 Å². The molecule has 92 valence electrons. The molecule has 0 bridgehead atoms. The molecular formula is C14H12O3S. The average Bonchev–Trinajstić information content (AvgIpc) is 2.54. The van der Waals surface area contributed by atoms with Gasteiger partial charge in [0.15, 0.2) is 0 Å². The minimum absolute atomic E-state index is 0.0712. The van der Waals surface area contributed by atoms with Crippen molar-refractivity contribution < 1.29 is 14.6 Å². The summed E-state index contributed by atoms with van der Waals surface area (Å²) in [7, 11) is 0. The Morgan fingerprint density at radius 1 is 1.39 bits per heavy atom. The van der Waals surface area contributed by atoms with Crippen molar-refractivity contribution in [3.63, 3.8) is 0 Å². The lowest BCUT2D eigenvalue weighted by atomic mass is 10.1. The van der Waals surface area contributed by atoms with Crippen LogP contribution in [0.1, 0.15) is 28.8 Å². The molecule has 18 heavy (non-hydrogen) atoms. The number of allylic oxidation sites excluding steroid dienone is 3. The molecule has 4 heteroatoms. The van der Waals surface area contributed by atoms with Crippen molar-refractivity contribution in [2.75, 3.05) is 0 Å². The fraction of sp³-hybridized carbons (Fsp3) is 0.214. The third-order valence-electron chi connectivity index (χ3n) is 2.96. The smallest absolute Gasteiger partial charge is 0.344 e. The lowest BCUT2D eigenvalue weighted by Crippen LogP contribution is -2.05. The first-order valence-corrected chi connectivity index (χ1v) is 6.63. The molecule has 0 aromatic heterocycles. The number of carbonyl (C=O) groups excluding carboxylic acids is 1. The molecule has 0 atom stereocenters. The quantitative estimate of drug-likeness (QED) is 0.788. The minimum atomic E-state index is -0.343. The highest BCUT2D eigenvalue weighted by Crippen LogP contribution is 2.40. The maximum atomic E-state index is 12.0. The van der Waals surface area contributed by atoms with E-state index in [0.29, 0.717) is 11.3 Å². The number of hydrogen-bond acceptors (Lipinski definition) is 4. The zero-order chi connectivity index (χ0) is 12.5. The molecule has 0 fully saturated rings. The highest BCUT2D eigenvalue weighted by Gasteiger charge is 2.24. The SMILES string of the molecule is O=C1OC2=C(CCC=C2)Sc2ccc(CO)cc21. The standard InChI is InChI=1S/C14H12O3S/c15-8-9-5-6-12-10(7-9)14(16)17-11-3-1-2-4-13(11)18-12/h1,3,5-7,15H,2,4,8H2. The van der Waals surface area contributed by atoms with Crippen LogP contribution in [0.4, 0.5) is 0 Å². The average molecular weight is 260 g/mol. The van der Waals surface area contributed by atoms with Crippen molar-refractivity contribution in [2.45, 2.75) is 24.3 Å². The molecule has 2 aliphatic rings. The van der Waals surface area contributed by atoms with Gasteiger partial charge >= 0.3 is 5.97 Å². The van der Waals surface area contributed by atoms with Crippen molar-refractivity contribution in [3.8, 4) is 0 Å². The van der Waals surface area contributed by atoms with E-state index in [1.807, 2.05) is 24.3 Å². The molecule has 3 nitrogen and oxygen atoms in total. The number of ether oxygens (including phenoxy) is 1. The highest BCUT2D eigenvalue weighted by atomic mass is 32.2. The van der Waals surface area contributed by atoms with E-state index in [-0.39, 0.29) is 12.6 Å². The zero-order valence-corrected chi connectivity index (χ0v) is 10.5. The minimum Gasteiger partial charge on any atom is -0.422 e. The van der Waals surface area contributed by atoms with Gasteiger partial charge in [-0.15, -0.1) is 0 Å². The Morgan fingerprint density at radius 3 is 3.11 bits per heavy atom. The van der Waals surface area contributed by atoms with Gasteiger partial charge in [-0.25, -0.2) is 4.79 Å². The van der Waals surface area contributed by atoms with E-state index in [9.17, 15) is 4.79 Å². The summed E-state index contributed by atoms with van der Waals surface area (Å²) in [4.78, 5) is 14.0. The Kier molecular flexibility index (Phi) is 2.97. The highest BCUT2D eigenvalue weighted by molar-refractivity contribution is 8.03. The van der Waals surface area contributed by atoms with Crippen LogP contribution in [0.3, 0.4) is 0 Å². The molecule has 1 aliphatic carbocycles. The lowest BCUT2D eigenvalue weighted by Gasteiger charge is -2.10. The molecule has 0 amide bonds. The summed E-state index contributed by atoms with van der Waals surface area (Å²) in [5.41, 5.74) is 1.26. The fourth-order valence-corrected chi connectivity index (χ4v) is 3.11. The van der Waals surface area contributed by atoms with Gasteiger partial charge in [0, 0.05) is 9.80 Å². The van der Waals surface area contributed by atoms with Crippen LogP contribution in [0.25, 0.3) is 0 Å². The Hall–Kier alpha value is -1.52. The summed E-state index contributed by atoms with van der Waals surface area (Å²) in [5, 5.41) is 9.12. The Bertz CT molecular complexity index is 572. The van der Waals surface area contributed by atoms with E-state index in [4.69, 9.17) is 9.84 Å². The Balaban J connectivity index is 2.06. The van der Waals surface area contributed by atoms with Gasteiger partial charge in [0.05, 0.1) is 12.2 Å². The van der Waals surface area contributed by atoms with Gasteiger partial charge < -0.3 is 9.84 Å². The molecule has 1 aromatic rings. The number of esters is 1. The molecule has 0 radical (unpaired) electrons. The predicted molar refractivity (Wildman–Crippen MR) is 69.0 cm³/mol. The first-order chi connectivity index (χ1) is 8.78. The predicted octanol–water partition coefficient (Wildman–Crippen LogP) is 3.00. The van der Waals surface area contributed by atoms with E-state index in [2.05, 4.69) is 0 Å². The molecular weight excluding hydrogens is 248 g/mol. The van der Waals surface area contributed by atoms with Gasteiger partial charge in [-0.05, 0) is 36.6 Å². The second-order valence-electron chi connectivity index (χ2n) is 4.21. The number of carbonyl (C=O) groups is 1. The normalized spacial score (nSPS) is 17.9. The van der Waals surface area contributed by atoms with Crippen molar-refractivity contribution in [1.82, 2.24) is 0 Å². The van der Waals surface area contributed by atoms with Gasteiger partial charge in [-0.2, -0.15) is 0 Å². The summed E-state index contributed by atoms with van der Waals surface area (Å²) in [5.74, 6) is 0.322. The van der Waals surface area contributed by atoms with Gasteiger partial charge in [0.25, 0.3) is 0 Å².